The lowest BCUT2D eigenvalue weighted by Crippen LogP contribution is -2.13. The number of benzene rings is 1. The molecule has 1 aromatic carbocycles. The number of hydrogen-bond acceptors (Lipinski definition) is 1. The van der Waals surface area contributed by atoms with Crippen molar-refractivity contribution in [3.05, 3.63) is 35.6 Å². The molecule has 0 radical (unpaired) electrons. The maximum Gasteiger partial charge on any atom is 0.123 e. The minimum Gasteiger partial charge on any atom is -0.303 e. The molecule has 2 heteroatoms. The molecule has 0 bridgehead atoms. The van der Waals surface area contributed by atoms with Crippen LogP contribution < -0.4 is 5.32 Å². The third kappa shape index (κ3) is 1.84. The first-order valence-electron chi connectivity index (χ1n) is 3.67. The van der Waals surface area contributed by atoms with Crippen LogP contribution in [0.2, 0.25) is 0 Å². The Kier molecular flexibility index (Phi) is 2.84. The van der Waals surface area contributed by atoms with Gasteiger partial charge in [0.25, 0.3) is 0 Å². The molecule has 1 rings (SSSR count). The monoisotopic (exact) mass is 163 g/mol. The summed E-state index contributed by atoms with van der Waals surface area (Å²) < 4.78 is 12.7. The minimum atomic E-state index is -0.261. The van der Waals surface area contributed by atoms with Gasteiger partial charge in [0.15, 0.2) is 0 Å². The fourth-order valence-electron chi connectivity index (χ4n) is 1.03. The van der Waals surface area contributed by atoms with Crippen molar-refractivity contribution in [3.8, 4) is 12.3 Å². The molecule has 1 nitrogen and oxygen atoms in total. The first kappa shape index (κ1) is 8.76. The van der Waals surface area contributed by atoms with Gasteiger partial charge in [0, 0.05) is 0 Å². The van der Waals surface area contributed by atoms with Crippen LogP contribution in [0.1, 0.15) is 11.6 Å². The zero-order valence-electron chi connectivity index (χ0n) is 6.84. The highest BCUT2D eigenvalue weighted by Crippen LogP contribution is 2.12. The molecule has 0 saturated carbocycles. The van der Waals surface area contributed by atoms with Gasteiger partial charge in [-0.15, -0.1) is 6.42 Å². The lowest BCUT2D eigenvalue weighted by Gasteiger charge is -2.08. The predicted octanol–water partition coefficient (Wildman–Crippen LogP) is 1.72. The lowest BCUT2D eigenvalue weighted by atomic mass is 10.1. The highest BCUT2D eigenvalue weighted by Gasteiger charge is 2.04. The summed E-state index contributed by atoms with van der Waals surface area (Å²) in [7, 11) is 1.75. The average molecular weight is 163 g/mol. The second-order valence-electron chi connectivity index (χ2n) is 2.44. The Morgan fingerprint density at radius 2 is 2.33 bits per heavy atom. The Bertz CT molecular complexity index is 301. The van der Waals surface area contributed by atoms with Crippen molar-refractivity contribution >= 4 is 0 Å². The molecule has 12 heavy (non-hydrogen) atoms. The van der Waals surface area contributed by atoms with Crippen molar-refractivity contribution < 1.29 is 4.39 Å². The normalized spacial score (nSPS) is 12.1. The predicted molar refractivity (Wildman–Crippen MR) is 47.0 cm³/mol. The summed E-state index contributed by atoms with van der Waals surface area (Å²) in [6.45, 7) is 0. The van der Waals surface area contributed by atoms with Crippen LogP contribution in [0.4, 0.5) is 4.39 Å². The lowest BCUT2D eigenvalue weighted by molar-refractivity contribution is 0.620. The van der Waals surface area contributed by atoms with E-state index in [4.69, 9.17) is 6.42 Å². The van der Waals surface area contributed by atoms with E-state index in [-0.39, 0.29) is 11.9 Å². The van der Waals surface area contributed by atoms with Gasteiger partial charge in [-0.25, -0.2) is 4.39 Å². The quantitative estimate of drug-likeness (QED) is 0.654. The molecule has 0 spiro atoms. The van der Waals surface area contributed by atoms with Crippen LogP contribution in [0.3, 0.4) is 0 Å². The van der Waals surface area contributed by atoms with E-state index in [2.05, 4.69) is 11.2 Å². The maximum absolute atomic E-state index is 12.7. The summed E-state index contributed by atoms with van der Waals surface area (Å²) in [5.74, 6) is 2.26. The van der Waals surface area contributed by atoms with E-state index in [1.54, 1.807) is 19.2 Å². The molecule has 0 amide bonds. The van der Waals surface area contributed by atoms with Crippen molar-refractivity contribution in [2.45, 2.75) is 6.04 Å². The molecular formula is C10H10FN. The van der Waals surface area contributed by atoms with Crippen molar-refractivity contribution in [2.24, 2.45) is 0 Å². The topological polar surface area (TPSA) is 12.0 Å². The Hall–Kier alpha value is -1.33. The number of nitrogens with one attached hydrogen (secondary N) is 1. The SMILES string of the molecule is C#CC(NC)c1cccc(F)c1. The van der Waals surface area contributed by atoms with Crippen LogP contribution in [0.15, 0.2) is 24.3 Å². The van der Waals surface area contributed by atoms with Crippen LogP contribution in [0.5, 0.6) is 0 Å². The van der Waals surface area contributed by atoms with Crippen LogP contribution in [0, 0.1) is 18.2 Å². The van der Waals surface area contributed by atoms with Crippen LogP contribution >= 0.6 is 0 Å². The Morgan fingerprint density at radius 3 is 2.83 bits per heavy atom. The largest absolute Gasteiger partial charge is 0.303 e. The molecule has 0 aromatic heterocycles. The van der Waals surface area contributed by atoms with Gasteiger partial charge in [0.1, 0.15) is 5.82 Å². The molecule has 0 saturated heterocycles. The second kappa shape index (κ2) is 3.89. The first-order chi connectivity index (χ1) is 5.77. The van der Waals surface area contributed by atoms with Gasteiger partial charge in [-0.2, -0.15) is 0 Å². The standard InChI is InChI=1S/C10H10FN/c1-3-10(12-2)8-5-4-6-9(11)7-8/h1,4-7,10,12H,2H3. The summed E-state index contributed by atoms with van der Waals surface area (Å²) in [5.41, 5.74) is 0.778. The number of halogens is 1. The van der Waals surface area contributed by atoms with Gasteiger partial charge >= 0.3 is 0 Å². The molecule has 0 heterocycles. The maximum atomic E-state index is 12.7. The summed E-state index contributed by atoms with van der Waals surface area (Å²) in [6, 6.07) is 6.06. The third-order valence-electron chi connectivity index (χ3n) is 1.64. The fourth-order valence-corrected chi connectivity index (χ4v) is 1.03. The van der Waals surface area contributed by atoms with Gasteiger partial charge in [-0.05, 0) is 24.7 Å². The summed E-state index contributed by atoms with van der Waals surface area (Å²) in [5, 5.41) is 2.89. The average Bonchev–Trinajstić information content (AvgIpc) is 2.07. The molecule has 0 aliphatic heterocycles. The molecule has 0 aliphatic rings. The zero-order valence-corrected chi connectivity index (χ0v) is 6.84. The van der Waals surface area contributed by atoms with Crippen molar-refractivity contribution in [2.75, 3.05) is 7.05 Å². The fraction of sp³-hybridized carbons (Fsp3) is 0.200. The molecular weight excluding hydrogens is 153 g/mol. The van der Waals surface area contributed by atoms with Crippen LogP contribution in [0.25, 0.3) is 0 Å². The van der Waals surface area contributed by atoms with Gasteiger partial charge in [0.05, 0.1) is 6.04 Å². The van der Waals surface area contributed by atoms with Gasteiger partial charge in [0.2, 0.25) is 0 Å². The van der Waals surface area contributed by atoms with E-state index < -0.39 is 0 Å². The van der Waals surface area contributed by atoms with Gasteiger partial charge < -0.3 is 5.32 Å². The zero-order chi connectivity index (χ0) is 8.97. The summed E-state index contributed by atoms with van der Waals surface area (Å²) >= 11 is 0. The molecule has 62 valence electrons. The summed E-state index contributed by atoms with van der Waals surface area (Å²) in [4.78, 5) is 0. The van der Waals surface area contributed by atoms with E-state index >= 15 is 0 Å². The Balaban J connectivity index is 2.95. The van der Waals surface area contributed by atoms with E-state index in [0.717, 1.165) is 5.56 Å². The van der Waals surface area contributed by atoms with Crippen molar-refractivity contribution in [1.82, 2.24) is 5.32 Å². The second-order valence-corrected chi connectivity index (χ2v) is 2.44. The molecule has 1 atom stereocenters. The molecule has 1 N–H and O–H groups in total. The molecule has 0 fully saturated rings. The highest BCUT2D eigenvalue weighted by molar-refractivity contribution is 5.25. The molecule has 0 aliphatic carbocycles. The smallest absolute Gasteiger partial charge is 0.123 e. The van der Waals surface area contributed by atoms with E-state index in [1.165, 1.54) is 12.1 Å². The van der Waals surface area contributed by atoms with E-state index in [1.807, 2.05) is 0 Å². The van der Waals surface area contributed by atoms with Crippen molar-refractivity contribution in [1.29, 1.82) is 0 Å². The Morgan fingerprint density at radius 1 is 1.58 bits per heavy atom. The van der Waals surface area contributed by atoms with Gasteiger partial charge in [-0.1, -0.05) is 18.1 Å². The number of hydrogen-bond donors (Lipinski definition) is 1. The molecule has 1 unspecified atom stereocenters. The highest BCUT2D eigenvalue weighted by atomic mass is 19.1. The first-order valence-corrected chi connectivity index (χ1v) is 3.67. The summed E-state index contributed by atoms with van der Waals surface area (Å²) in [6.07, 6.45) is 5.23. The van der Waals surface area contributed by atoms with Crippen LogP contribution in [-0.4, -0.2) is 7.05 Å². The van der Waals surface area contributed by atoms with Gasteiger partial charge in [-0.3, -0.25) is 0 Å². The number of rotatable bonds is 2. The van der Waals surface area contributed by atoms with Crippen LogP contribution in [-0.2, 0) is 0 Å². The number of terminal acetylenes is 1. The minimum absolute atomic E-state index is 0.208. The molecule has 1 aromatic rings. The Labute approximate surface area is 71.6 Å². The van der Waals surface area contributed by atoms with Crippen molar-refractivity contribution in [3.63, 3.8) is 0 Å². The third-order valence-corrected chi connectivity index (χ3v) is 1.64. The van der Waals surface area contributed by atoms with E-state index in [0.29, 0.717) is 0 Å². The van der Waals surface area contributed by atoms with E-state index in [9.17, 15) is 4.39 Å².